The van der Waals surface area contributed by atoms with E-state index in [0.29, 0.717) is 25.1 Å². The average Bonchev–Trinajstić information content (AvgIpc) is 3.50. The number of piperidine rings is 1. The van der Waals surface area contributed by atoms with Crippen molar-refractivity contribution in [1.82, 2.24) is 10.2 Å². The summed E-state index contributed by atoms with van der Waals surface area (Å²) in [4.78, 5) is 38.5. The Labute approximate surface area is 168 Å². The van der Waals surface area contributed by atoms with Crippen molar-refractivity contribution < 1.29 is 18.8 Å². The molecule has 150 valence electrons. The van der Waals surface area contributed by atoms with Crippen LogP contribution in [-0.2, 0) is 14.4 Å². The van der Waals surface area contributed by atoms with Crippen molar-refractivity contribution in [2.45, 2.75) is 37.5 Å². The van der Waals surface area contributed by atoms with Crippen LogP contribution < -0.4 is 5.32 Å². The van der Waals surface area contributed by atoms with Gasteiger partial charge in [-0.1, -0.05) is 30.0 Å². The number of likely N-dealkylation sites (tertiary alicyclic amines) is 1. The Morgan fingerprint density at radius 2 is 1.96 bits per heavy atom. The molecule has 2 unspecified atom stereocenters. The van der Waals surface area contributed by atoms with Gasteiger partial charge in [0.05, 0.1) is 6.04 Å². The monoisotopic (exact) mass is 404 g/mol. The van der Waals surface area contributed by atoms with Crippen LogP contribution in [0.2, 0.25) is 0 Å². The fourth-order valence-electron chi connectivity index (χ4n) is 3.64. The summed E-state index contributed by atoms with van der Waals surface area (Å²) in [6.07, 6.45) is 3.82. The summed E-state index contributed by atoms with van der Waals surface area (Å²) in [5.74, 6) is -0.608. The molecule has 1 heterocycles. The second kappa shape index (κ2) is 9.01. The first kappa shape index (κ1) is 20.7. The molecule has 1 aliphatic carbocycles. The molecule has 1 aliphatic heterocycles. The van der Waals surface area contributed by atoms with E-state index >= 15 is 0 Å². The summed E-state index contributed by atoms with van der Waals surface area (Å²) in [7, 11) is 1.55. The smallest absolute Gasteiger partial charge is 0.243 e. The number of thioether (sulfide) groups is 1. The van der Waals surface area contributed by atoms with Crippen molar-refractivity contribution in [3.63, 3.8) is 0 Å². The predicted molar refractivity (Wildman–Crippen MR) is 107 cm³/mol. The lowest BCUT2D eigenvalue weighted by Crippen LogP contribution is -2.43. The Kier molecular flexibility index (Phi) is 6.67. The van der Waals surface area contributed by atoms with E-state index in [1.54, 1.807) is 25.2 Å². The molecule has 0 spiro atoms. The third kappa shape index (κ3) is 4.89. The standard InChI is InChI=1S/C21H25FN2O3S/c1-13(25)28-18-9-10-24(12-15(18)11-19(26)23-2)20(21(27)14-7-8-14)16-5-3-4-6-17(16)22/h3-6,11,14,18,20H,7-10,12H2,1-2H3,(H,23,26)/b15-11+. The van der Waals surface area contributed by atoms with Crippen molar-refractivity contribution in [3.05, 3.63) is 47.3 Å². The number of carbonyl (C=O) groups excluding carboxylic acids is 3. The number of hydrogen-bond acceptors (Lipinski definition) is 5. The number of carbonyl (C=O) groups is 3. The number of hydrogen-bond donors (Lipinski definition) is 1. The van der Waals surface area contributed by atoms with Crippen LogP contribution in [0.3, 0.4) is 0 Å². The van der Waals surface area contributed by atoms with Crippen LogP contribution in [-0.4, -0.2) is 47.1 Å². The lowest BCUT2D eigenvalue weighted by molar-refractivity contribution is -0.126. The molecule has 2 aliphatic rings. The second-order valence-corrected chi connectivity index (χ2v) is 8.67. The Balaban J connectivity index is 1.91. The zero-order valence-electron chi connectivity index (χ0n) is 16.1. The predicted octanol–water partition coefficient (Wildman–Crippen LogP) is 2.87. The van der Waals surface area contributed by atoms with Gasteiger partial charge in [0.25, 0.3) is 0 Å². The zero-order valence-corrected chi connectivity index (χ0v) is 16.9. The van der Waals surface area contributed by atoms with Crippen molar-refractivity contribution >= 4 is 28.6 Å². The molecule has 0 radical (unpaired) electrons. The van der Waals surface area contributed by atoms with E-state index in [9.17, 15) is 18.8 Å². The number of ketones is 1. The molecule has 0 bridgehead atoms. The second-order valence-electron chi connectivity index (χ2n) is 7.29. The zero-order chi connectivity index (χ0) is 20.3. The van der Waals surface area contributed by atoms with Crippen molar-refractivity contribution in [3.8, 4) is 0 Å². The topological polar surface area (TPSA) is 66.5 Å². The quantitative estimate of drug-likeness (QED) is 0.739. The highest BCUT2D eigenvalue weighted by Gasteiger charge is 2.41. The summed E-state index contributed by atoms with van der Waals surface area (Å²) in [6.45, 7) is 2.43. The van der Waals surface area contributed by atoms with E-state index < -0.39 is 11.9 Å². The molecule has 1 aromatic rings. The van der Waals surface area contributed by atoms with Gasteiger partial charge in [0.1, 0.15) is 5.82 Å². The molecule has 1 saturated carbocycles. The van der Waals surface area contributed by atoms with Crippen LogP contribution in [0.15, 0.2) is 35.9 Å². The van der Waals surface area contributed by atoms with Gasteiger partial charge in [0, 0.05) is 49.9 Å². The molecule has 1 aromatic carbocycles. The molecule has 1 amide bonds. The summed E-state index contributed by atoms with van der Waals surface area (Å²) in [5, 5.41) is 2.45. The molecule has 3 rings (SSSR count). The first-order valence-electron chi connectivity index (χ1n) is 9.52. The van der Waals surface area contributed by atoms with Crippen LogP contribution in [0, 0.1) is 11.7 Å². The number of likely N-dealkylation sites (N-methyl/N-ethyl adjacent to an activating group) is 1. The van der Waals surface area contributed by atoms with Gasteiger partial charge >= 0.3 is 0 Å². The van der Waals surface area contributed by atoms with Crippen molar-refractivity contribution in [2.75, 3.05) is 20.1 Å². The number of benzene rings is 1. The number of nitrogens with zero attached hydrogens (tertiary/aromatic N) is 1. The fourth-order valence-corrected chi connectivity index (χ4v) is 4.55. The Bertz CT molecular complexity index is 807. The molecule has 1 N–H and O–H groups in total. The highest BCUT2D eigenvalue weighted by Crippen LogP contribution is 2.40. The number of rotatable bonds is 6. The van der Waals surface area contributed by atoms with Crippen molar-refractivity contribution in [2.24, 2.45) is 5.92 Å². The van der Waals surface area contributed by atoms with E-state index in [2.05, 4.69) is 5.32 Å². The summed E-state index contributed by atoms with van der Waals surface area (Å²) in [6, 6.07) is 5.74. The lowest BCUT2D eigenvalue weighted by Gasteiger charge is -2.38. The van der Waals surface area contributed by atoms with Crippen LogP contribution in [0.5, 0.6) is 0 Å². The van der Waals surface area contributed by atoms with Gasteiger partial charge in [-0.3, -0.25) is 19.3 Å². The molecule has 1 saturated heterocycles. The average molecular weight is 405 g/mol. The SMILES string of the molecule is CNC(=O)/C=C1\CN(C(C(=O)C2CC2)c2ccccc2F)CCC1SC(C)=O. The van der Waals surface area contributed by atoms with Gasteiger partial charge in [-0.05, 0) is 30.9 Å². The van der Waals surface area contributed by atoms with E-state index in [1.807, 2.05) is 4.90 Å². The summed E-state index contributed by atoms with van der Waals surface area (Å²) < 4.78 is 14.5. The van der Waals surface area contributed by atoms with Gasteiger partial charge in [0.2, 0.25) is 5.91 Å². The third-order valence-electron chi connectivity index (χ3n) is 5.16. The van der Waals surface area contributed by atoms with Gasteiger partial charge in [-0.15, -0.1) is 0 Å². The number of halogens is 1. The molecule has 2 fully saturated rings. The fraction of sp³-hybridized carbons (Fsp3) is 0.476. The van der Waals surface area contributed by atoms with E-state index in [4.69, 9.17) is 0 Å². The highest BCUT2D eigenvalue weighted by molar-refractivity contribution is 8.14. The highest BCUT2D eigenvalue weighted by atomic mass is 32.2. The molecule has 0 aromatic heterocycles. The minimum Gasteiger partial charge on any atom is -0.356 e. The van der Waals surface area contributed by atoms with Gasteiger partial charge in [0.15, 0.2) is 10.9 Å². The molecular weight excluding hydrogens is 379 g/mol. The number of Topliss-reactive ketones (excluding diaryl/α,β-unsaturated/α-hetero) is 1. The minimum atomic E-state index is -0.662. The van der Waals surface area contributed by atoms with Gasteiger partial charge < -0.3 is 5.32 Å². The van der Waals surface area contributed by atoms with Crippen LogP contribution in [0.4, 0.5) is 4.39 Å². The van der Waals surface area contributed by atoms with Crippen LogP contribution >= 0.6 is 11.8 Å². The van der Waals surface area contributed by atoms with Crippen molar-refractivity contribution in [1.29, 1.82) is 0 Å². The largest absolute Gasteiger partial charge is 0.356 e. The third-order valence-corrected chi connectivity index (χ3v) is 6.32. The normalized spacial score (nSPS) is 22.7. The maximum absolute atomic E-state index is 14.5. The minimum absolute atomic E-state index is 0.0130. The molecule has 7 heteroatoms. The maximum Gasteiger partial charge on any atom is 0.243 e. The molecule has 28 heavy (non-hydrogen) atoms. The Morgan fingerprint density at radius 3 is 2.57 bits per heavy atom. The molecular formula is C21H25FN2O3S. The first-order valence-corrected chi connectivity index (χ1v) is 10.4. The first-order chi connectivity index (χ1) is 13.4. The van der Waals surface area contributed by atoms with Crippen LogP contribution in [0.25, 0.3) is 0 Å². The number of amides is 1. The molecule has 2 atom stereocenters. The molecule has 5 nitrogen and oxygen atoms in total. The van der Waals surface area contributed by atoms with Gasteiger partial charge in [-0.25, -0.2) is 4.39 Å². The summed E-state index contributed by atoms with van der Waals surface area (Å²) >= 11 is 1.20. The number of nitrogens with one attached hydrogen (secondary N) is 1. The Morgan fingerprint density at radius 1 is 1.25 bits per heavy atom. The van der Waals surface area contributed by atoms with Gasteiger partial charge in [-0.2, -0.15) is 0 Å². The van der Waals surface area contributed by atoms with E-state index in [0.717, 1.165) is 18.4 Å². The lowest BCUT2D eigenvalue weighted by atomic mass is 9.93. The maximum atomic E-state index is 14.5. The van der Waals surface area contributed by atoms with E-state index in [-0.39, 0.29) is 28.0 Å². The Hall–Kier alpha value is -1.99. The van der Waals surface area contributed by atoms with E-state index in [1.165, 1.54) is 30.8 Å². The van der Waals surface area contributed by atoms with Crippen LogP contribution in [0.1, 0.15) is 37.8 Å². The summed E-state index contributed by atoms with van der Waals surface area (Å²) in [5.41, 5.74) is 1.17.